The van der Waals surface area contributed by atoms with Gasteiger partial charge in [0.1, 0.15) is 75.9 Å². The third-order valence-electron chi connectivity index (χ3n) is 24.4. The quantitative estimate of drug-likeness (QED) is 0.0521. The Hall–Kier alpha value is -16.0. The second-order valence-corrected chi connectivity index (χ2v) is 33.3. The number of fused-ring (bicyclic) bond motifs is 10. The summed E-state index contributed by atoms with van der Waals surface area (Å²) >= 11 is 6.22. The molecule has 16 nitrogen and oxygen atoms in total. The van der Waals surface area contributed by atoms with E-state index in [4.69, 9.17) is 40.0 Å². The van der Waals surface area contributed by atoms with E-state index in [2.05, 4.69) is 9.80 Å². The molecule has 5 aliphatic rings. The van der Waals surface area contributed by atoms with Crippen molar-refractivity contribution in [2.45, 2.75) is 57.3 Å². The number of rotatable bonds is 11. The third-order valence-corrected chi connectivity index (χ3v) is 24.7. The SMILES string of the molecule is CN1c2ccc(F)cc2C(C(=O)Oc2c(F)ccc(F)c2F)c2cc(F)ccc21.CN1c2ccccc2C(C(=O)Oc2cc(F)cc(F)c2)c2ccccc21.COc1ccc2c(c1)N(C)c1ccccc1C2C(=O)Oc1c(F)ccc(F)c1F.Cc1cccc(C)c1OC(=O)C1c2ccccc2N(C)c2cc(Cl)ccc21.Cc1cccc(C)c1OC(=O)C1c2ccccc2N(C)c2ccccc21. The van der Waals surface area contributed by atoms with Crippen LogP contribution in [0.5, 0.6) is 34.5 Å². The number of carbonyl (C=O) groups is 5. The van der Waals surface area contributed by atoms with Crippen LogP contribution < -0.4 is 52.9 Å². The maximum absolute atomic E-state index is 14.0. The van der Waals surface area contributed by atoms with Crippen LogP contribution in [0.2, 0.25) is 5.02 Å². The smallest absolute Gasteiger partial charge is 0.323 e. The van der Waals surface area contributed by atoms with Crippen molar-refractivity contribution in [1.82, 2.24) is 0 Å². The van der Waals surface area contributed by atoms with E-state index in [0.29, 0.717) is 74.7 Å². The lowest BCUT2D eigenvalue weighted by Crippen LogP contribution is -2.29. The highest BCUT2D eigenvalue weighted by Gasteiger charge is 2.43. The second-order valence-electron chi connectivity index (χ2n) is 32.8. The van der Waals surface area contributed by atoms with Gasteiger partial charge in [0.15, 0.2) is 23.3 Å². The predicted octanol–water partition coefficient (Wildman–Crippen LogP) is 25.8. The fraction of sp³-hybridized carbons (Fsp3) is 0.136. The molecule has 0 aliphatic carbocycles. The molecule has 0 bridgehead atoms. The summed E-state index contributed by atoms with van der Waals surface area (Å²) in [4.78, 5) is 75.2. The summed E-state index contributed by atoms with van der Waals surface area (Å²) in [5.41, 5.74) is 18.6. The van der Waals surface area contributed by atoms with Crippen LogP contribution in [0.1, 0.15) is 107 Å². The molecule has 27 heteroatoms. The van der Waals surface area contributed by atoms with Crippen molar-refractivity contribution in [3.63, 3.8) is 0 Å². The minimum atomic E-state index is -1.68. The molecular weight excluding hydrogens is 1790 g/mol. The first-order valence-electron chi connectivity index (χ1n) is 43.0. The zero-order chi connectivity index (χ0) is 97.2. The highest BCUT2D eigenvalue weighted by Crippen LogP contribution is 2.53. The van der Waals surface area contributed by atoms with Crippen LogP contribution >= 0.6 is 11.6 Å². The molecule has 5 aliphatic heterocycles. The molecular formula is C110H84ClF10N5O11. The number of nitrogens with zero attached hydrogens (tertiary/aromatic N) is 5. The molecule has 15 aromatic carbocycles. The van der Waals surface area contributed by atoms with E-state index in [1.165, 1.54) is 31.4 Å². The molecule has 0 spiro atoms. The van der Waals surface area contributed by atoms with Crippen LogP contribution in [0.4, 0.5) is 101 Å². The van der Waals surface area contributed by atoms with E-state index in [1.54, 1.807) is 42.3 Å². The van der Waals surface area contributed by atoms with Gasteiger partial charge in [-0.3, -0.25) is 24.0 Å². The largest absolute Gasteiger partial charge is 0.497 e. The monoisotopic (exact) mass is 1880 g/mol. The van der Waals surface area contributed by atoms with Crippen molar-refractivity contribution < 1.29 is 96.3 Å². The van der Waals surface area contributed by atoms with Crippen molar-refractivity contribution in [2.24, 2.45) is 0 Å². The van der Waals surface area contributed by atoms with E-state index >= 15 is 0 Å². The van der Waals surface area contributed by atoms with Gasteiger partial charge in [0.2, 0.25) is 23.1 Å². The van der Waals surface area contributed by atoms with Gasteiger partial charge in [-0.15, -0.1) is 0 Å². The lowest BCUT2D eigenvalue weighted by molar-refractivity contribution is -0.136. The number of para-hydroxylation sites is 8. The molecule has 0 fully saturated rings. The van der Waals surface area contributed by atoms with E-state index in [9.17, 15) is 67.9 Å². The number of aryl methyl sites for hydroxylation is 4. The second kappa shape index (κ2) is 39.7. The standard InChI is InChI=1S/C23H20ClNO2.C23H21NO2.C22H16F3NO3.C21H12F5NO2.C21H15F2NO2/c1-14-7-6-8-15(2)22(14)27-23(26)21-17-9-4-5-10-19(17)25(3)20-13-16(24)11-12-18(20)21;1-15-9-8-10-16(2)22(15)26-23(25)21-17-11-4-6-13-19(17)24(3)20-14-7-5-12-18(20)21;1-26-17-6-4-3-5-13(17)19(14-8-7-12(28-2)11-18(14)26)22(27)29-21-16(24)10-9-15(23)20(21)25;1-27-16-6-2-10(22)8-12(16)18(13-9-11(23)3-7-17(13)27)21(28)29-20-15(25)5-4-14(24)19(20)26;1-24-18-8-4-2-6-16(18)20(17-7-3-5-9-19(17)24)21(25)26-15-11-13(22)10-14(23)12-15/h4-13,21H,1-3H3;4-14,21H,1-3H3;3-11,19H,1-2H3;2-9,18H,1H3;2-12,20H,1H3. The molecule has 2 atom stereocenters. The van der Waals surface area contributed by atoms with Crippen LogP contribution in [0.25, 0.3) is 0 Å². The summed E-state index contributed by atoms with van der Waals surface area (Å²) in [5.74, 6) is -19.0. The molecule has 0 saturated heterocycles. The Morgan fingerprint density at radius 2 is 0.511 bits per heavy atom. The van der Waals surface area contributed by atoms with Gasteiger partial charge >= 0.3 is 29.8 Å². The lowest BCUT2D eigenvalue weighted by atomic mass is 9.85. The van der Waals surface area contributed by atoms with Crippen LogP contribution in [0, 0.1) is 85.9 Å². The number of esters is 5. The Balaban J connectivity index is 0.000000124. The van der Waals surface area contributed by atoms with Crippen molar-refractivity contribution in [3.8, 4) is 34.5 Å². The van der Waals surface area contributed by atoms with Gasteiger partial charge in [-0.25, -0.2) is 35.1 Å². The van der Waals surface area contributed by atoms with Crippen molar-refractivity contribution in [1.29, 1.82) is 0 Å². The minimum absolute atomic E-state index is 0.118. The molecule has 0 N–H and O–H groups in total. The number of hydrogen-bond donors (Lipinski definition) is 0. The number of anilines is 10. The first kappa shape index (κ1) is 94.2. The normalized spacial score (nSPS) is 13.9. The number of ether oxygens (including phenoxy) is 6. The number of halogens is 11. The zero-order valence-electron chi connectivity index (χ0n) is 75.1. The van der Waals surface area contributed by atoms with Gasteiger partial charge in [-0.2, -0.15) is 8.78 Å². The Labute approximate surface area is 787 Å². The van der Waals surface area contributed by atoms with E-state index in [-0.39, 0.29) is 28.8 Å². The maximum atomic E-state index is 14.0. The minimum Gasteiger partial charge on any atom is -0.497 e. The van der Waals surface area contributed by atoms with Crippen LogP contribution in [-0.4, -0.2) is 72.2 Å². The predicted molar refractivity (Wildman–Crippen MR) is 504 cm³/mol. The van der Waals surface area contributed by atoms with E-state index in [0.717, 1.165) is 126 Å². The first-order valence-corrected chi connectivity index (χ1v) is 43.4. The van der Waals surface area contributed by atoms with Crippen LogP contribution in [-0.2, 0) is 24.0 Å². The summed E-state index contributed by atoms with van der Waals surface area (Å²) < 4.78 is 170. The topological polar surface area (TPSA) is 157 Å². The van der Waals surface area contributed by atoms with Crippen molar-refractivity contribution >= 4 is 98.3 Å². The molecule has 692 valence electrons. The highest BCUT2D eigenvalue weighted by atomic mass is 35.5. The Bertz CT molecular complexity index is 7080. The van der Waals surface area contributed by atoms with Gasteiger partial charge in [-0.1, -0.05) is 169 Å². The molecule has 15 aromatic rings. The average molecular weight is 1880 g/mol. The Morgan fingerprint density at radius 1 is 0.241 bits per heavy atom. The summed E-state index contributed by atoms with van der Waals surface area (Å²) in [5, 5.41) is 0.641. The summed E-state index contributed by atoms with van der Waals surface area (Å²) in [6.07, 6.45) is 0. The van der Waals surface area contributed by atoms with Crippen LogP contribution in [0.15, 0.2) is 297 Å². The van der Waals surface area contributed by atoms with Gasteiger partial charge in [0.25, 0.3) is 0 Å². The molecule has 0 aromatic heterocycles. The first-order chi connectivity index (χ1) is 65.8. The number of carbonyl (C=O) groups excluding carboxylic acids is 5. The Morgan fingerprint density at radius 3 is 0.847 bits per heavy atom. The molecule has 5 heterocycles. The van der Waals surface area contributed by atoms with Crippen LogP contribution in [0.3, 0.4) is 0 Å². The Kier molecular flexibility index (Phi) is 27.3. The van der Waals surface area contributed by atoms with Crippen molar-refractivity contribution in [3.05, 3.63) is 438 Å². The summed E-state index contributed by atoms with van der Waals surface area (Å²) in [6.45, 7) is 7.83. The molecule has 0 amide bonds. The fourth-order valence-electron chi connectivity index (χ4n) is 17.9. The third kappa shape index (κ3) is 18.8. The van der Waals surface area contributed by atoms with Gasteiger partial charge < -0.3 is 52.9 Å². The molecule has 137 heavy (non-hydrogen) atoms. The fourth-order valence-corrected chi connectivity index (χ4v) is 18.0. The average Bonchev–Trinajstić information content (AvgIpc) is 0.733. The van der Waals surface area contributed by atoms with E-state index in [1.807, 2.05) is 254 Å². The van der Waals surface area contributed by atoms with Crippen molar-refractivity contribution in [2.75, 3.05) is 66.8 Å². The molecule has 2 unspecified atom stereocenters. The maximum Gasteiger partial charge on any atom is 0.323 e. The van der Waals surface area contributed by atoms with E-state index < -0.39 is 117 Å². The lowest BCUT2D eigenvalue weighted by Gasteiger charge is -2.34. The van der Waals surface area contributed by atoms with Gasteiger partial charge in [-0.05, 0) is 221 Å². The summed E-state index contributed by atoms with van der Waals surface area (Å²) in [6, 6.07) is 81.2. The molecule has 0 radical (unpaired) electrons. The number of methoxy groups -OCH3 is 1. The zero-order valence-corrected chi connectivity index (χ0v) is 75.8. The number of benzene rings is 15. The number of hydrogen-bond acceptors (Lipinski definition) is 16. The van der Waals surface area contributed by atoms with Gasteiger partial charge in [0, 0.05) is 121 Å². The molecule has 20 rings (SSSR count). The summed E-state index contributed by atoms with van der Waals surface area (Å²) in [7, 11) is 11.0. The van der Waals surface area contributed by atoms with Gasteiger partial charge in [0.05, 0.1) is 7.11 Å². The molecule has 0 saturated carbocycles. The highest BCUT2D eigenvalue weighted by molar-refractivity contribution is 6.31.